The largest absolute Gasteiger partial charge is 0.497 e. The topological polar surface area (TPSA) is 54.4 Å². The summed E-state index contributed by atoms with van der Waals surface area (Å²) in [6.07, 6.45) is 5.22. The van der Waals surface area contributed by atoms with Crippen LogP contribution in [0.2, 0.25) is 0 Å². The van der Waals surface area contributed by atoms with Crippen LogP contribution in [0.15, 0.2) is 71.4 Å². The van der Waals surface area contributed by atoms with Crippen molar-refractivity contribution in [3.63, 3.8) is 0 Å². The van der Waals surface area contributed by atoms with Crippen LogP contribution in [0.4, 0.5) is 5.69 Å². The summed E-state index contributed by atoms with van der Waals surface area (Å²) in [5.41, 5.74) is 3.30. The molecule has 6 heteroatoms. The van der Waals surface area contributed by atoms with Gasteiger partial charge in [-0.15, -0.1) is 0 Å². The number of oxime groups is 1. The van der Waals surface area contributed by atoms with E-state index in [4.69, 9.17) is 9.57 Å². The zero-order valence-corrected chi connectivity index (χ0v) is 20.9. The van der Waals surface area contributed by atoms with E-state index >= 15 is 0 Å². The Morgan fingerprint density at radius 2 is 1.76 bits per heavy atom. The Kier molecular flexibility index (Phi) is 9.71. The Bertz CT molecular complexity index is 970. The van der Waals surface area contributed by atoms with E-state index < -0.39 is 0 Å². The lowest BCUT2D eigenvalue weighted by atomic mass is 9.86. The molecule has 1 aliphatic heterocycles. The van der Waals surface area contributed by atoms with Crippen molar-refractivity contribution in [1.29, 1.82) is 0 Å². The fraction of sp³-hybridized carbons (Fsp3) is 0.429. The first-order chi connectivity index (χ1) is 16.6. The number of hydrogen-bond acceptors (Lipinski definition) is 5. The molecule has 2 aromatic carbocycles. The van der Waals surface area contributed by atoms with Crippen molar-refractivity contribution in [2.75, 3.05) is 38.3 Å². The molecule has 182 valence electrons. The third kappa shape index (κ3) is 6.48. The number of anilines is 1. The fourth-order valence-electron chi connectivity index (χ4n) is 4.12. The average Bonchev–Trinajstić information content (AvgIpc) is 2.87. The molecule has 2 aromatic rings. The van der Waals surface area contributed by atoms with E-state index in [9.17, 15) is 4.79 Å². The third-order valence-corrected chi connectivity index (χ3v) is 6.04. The quantitative estimate of drug-likeness (QED) is 0.127. The minimum absolute atomic E-state index is 0.0249. The summed E-state index contributed by atoms with van der Waals surface area (Å²) in [5, 5.41) is 4.25. The fourth-order valence-corrected chi connectivity index (χ4v) is 4.12. The number of methoxy groups -OCH3 is 1. The van der Waals surface area contributed by atoms with E-state index in [1.165, 1.54) is 12.8 Å². The molecule has 1 aliphatic rings. The SMILES string of the molecule is CCCCN(CC)CCCON=C(C)/C=C1/C(=O)N(c2ccc(OC)cc2)C1c1ccccc1. The first kappa shape index (κ1) is 25.5. The van der Waals surface area contributed by atoms with Crippen LogP contribution in [-0.4, -0.2) is 49.9 Å². The highest BCUT2D eigenvalue weighted by molar-refractivity contribution is 6.18. The van der Waals surface area contributed by atoms with Crippen LogP contribution in [0.1, 0.15) is 51.6 Å². The zero-order chi connectivity index (χ0) is 24.3. The molecule has 0 radical (unpaired) electrons. The molecule has 0 bridgehead atoms. The van der Waals surface area contributed by atoms with Gasteiger partial charge in [0.1, 0.15) is 12.4 Å². The Morgan fingerprint density at radius 1 is 1.06 bits per heavy atom. The number of ether oxygens (including phenoxy) is 1. The minimum atomic E-state index is -0.163. The molecule has 0 aromatic heterocycles. The molecule has 1 heterocycles. The van der Waals surface area contributed by atoms with Crippen molar-refractivity contribution < 1.29 is 14.4 Å². The van der Waals surface area contributed by atoms with Crippen molar-refractivity contribution in [2.24, 2.45) is 5.16 Å². The van der Waals surface area contributed by atoms with Crippen molar-refractivity contribution in [1.82, 2.24) is 4.90 Å². The molecule has 6 nitrogen and oxygen atoms in total. The van der Waals surface area contributed by atoms with Gasteiger partial charge in [0.25, 0.3) is 5.91 Å². The number of carbonyl (C=O) groups is 1. The van der Waals surface area contributed by atoms with Gasteiger partial charge in [0.05, 0.1) is 18.9 Å². The van der Waals surface area contributed by atoms with Crippen molar-refractivity contribution in [3.05, 3.63) is 71.8 Å². The molecule has 34 heavy (non-hydrogen) atoms. The molecule has 0 spiro atoms. The Labute approximate surface area is 203 Å². The lowest BCUT2D eigenvalue weighted by molar-refractivity contribution is -0.119. The van der Waals surface area contributed by atoms with Crippen LogP contribution in [-0.2, 0) is 9.63 Å². The average molecular weight is 464 g/mol. The number of allylic oxidation sites excluding steroid dienone is 1. The van der Waals surface area contributed by atoms with Crippen LogP contribution in [0.3, 0.4) is 0 Å². The van der Waals surface area contributed by atoms with Gasteiger partial charge in [-0.2, -0.15) is 0 Å². The second-order valence-electron chi connectivity index (χ2n) is 8.49. The number of β-lactam (4-membered cyclic amide) rings is 1. The molecule has 1 atom stereocenters. The number of nitrogens with zero attached hydrogens (tertiary/aromatic N) is 3. The highest BCUT2D eigenvalue weighted by Gasteiger charge is 2.43. The number of amides is 1. The van der Waals surface area contributed by atoms with Gasteiger partial charge in [-0.05, 0) is 68.8 Å². The van der Waals surface area contributed by atoms with Gasteiger partial charge in [-0.25, -0.2) is 0 Å². The third-order valence-electron chi connectivity index (χ3n) is 6.04. The molecule has 0 saturated carbocycles. The Hall–Kier alpha value is -3.12. The Balaban J connectivity index is 1.66. The molecule has 1 fully saturated rings. The maximum absolute atomic E-state index is 13.1. The first-order valence-corrected chi connectivity index (χ1v) is 12.2. The molecular formula is C28H37N3O3. The molecule has 1 saturated heterocycles. The van der Waals surface area contributed by atoms with Gasteiger partial charge in [0.2, 0.25) is 0 Å². The number of benzene rings is 2. The normalized spacial score (nSPS) is 17.3. The molecule has 1 amide bonds. The van der Waals surface area contributed by atoms with Crippen LogP contribution in [0.5, 0.6) is 5.75 Å². The maximum Gasteiger partial charge on any atom is 0.257 e. The van der Waals surface area contributed by atoms with E-state index in [1.807, 2.05) is 72.5 Å². The van der Waals surface area contributed by atoms with Gasteiger partial charge in [0.15, 0.2) is 0 Å². The molecule has 3 rings (SSSR count). The monoisotopic (exact) mass is 463 g/mol. The van der Waals surface area contributed by atoms with Crippen molar-refractivity contribution in [3.8, 4) is 5.75 Å². The summed E-state index contributed by atoms with van der Waals surface area (Å²) in [6.45, 7) is 10.1. The van der Waals surface area contributed by atoms with Gasteiger partial charge in [0, 0.05) is 17.8 Å². The smallest absolute Gasteiger partial charge is 0.257 e. The minimum Gasteiger partial charge on any atom is -0.497 e. The standard InChI is InChI=1S/C28H37N3O3/c1-5-7-18-30(6-2)19-11-20-34-29-22(3)21-26-27(23-12-9-8-10-13-23)31(28(26)32)24-14-16-25(33-4)17-15-24/h8-10,12-17,21,27H,5-7,11,18-20H2,1-4H3/b26-21+,29-22?. The number of carbonyl (C=O) groups excluding carboxylic acids is 1. The summed E-state index contributed by atoms with van der Waals surface area (Å²) in [5.74, 6) is 0.736. The lowest BCUT2D eigenvalue weighted by Crippen LogP contribution is -2.49. The summed E-state index contributed by atoms with van der Waals surface area (Å²) < 4.78 is 5.26. The van der Waals surface area contributed by atoms with E-state index in [1.54, 1.807) is 7.11 Å². The summed E-state index contributed by atoms with van der Waals surface area (Å²) in [7, 11) is 1.63. The number of rotatable bonds is 13. The summed E-state index contributed by atoms with van der Waals surface area (Å²) >= 11 is 0. The Morgan fingerprint density at radius 3 is 2.41 bits per heavy atom. The highest BCUT2D eigenvalue weighted by atomic mass is 16.6. The predicted molar refractivity (Wildman–Crippen MR) is 138 cm³/mol. The second-order valence-corrected chi connectivity index (χ2v) is 8.49. The number of hydrogen-bond donors (Lipinski definition) is 0. The van der Waals surface area contributed by atoms with Crippen molar-refractivity contribution >= 4 is 17.3 Å². The van der Waals surface area contributed by atoms with E-state index in [0.29, 0.717) is 17.9 Å². The van der Waals surface area contributed by atoms with Crippen molar-refractivity contribution in [2.45, 2.75) is 46.1 Å². The summed E-state index contributed by atoms with van der Waals surface area (Å²) in [6, 6.07) is 17.4. The maximum atomic E-state index is 13.1. The van der Waals surface area contributed by atoms with Gasteiger partial charge in [-0.3, -0.25) is 9.69 Å². The van der Waals surface area contributed by atoms with Gasteiger partial charge < -0.3 is 14.5 Å². The lowest BCUT2D eigenvalue weighted by Gasteiger charge is -2.43. The first-order valence-electron chi connectivity index (χ1n) is 12.2. The second kappa shape index (κ2) is 12.9. The molecule has 0 aliphatic carbocycles. The molecular weight excluding hydrogens is 426 g/mol. The van der Waals surface area contributed by atoms with Crippen LogP contribution in [0.25, 0.3) is 0 Å². The molecule has 1 unspecified atom stereocenters. The summed E-state index contributed by atoms with van der Waals surface area (Å²) in [4.78, 5) is 22.9. The predicted octanol–water partition coefficient (Wildman–Crippen LogP) is 5.61. The van der Waals surface area contributed by atoms with Crippen LogP contribution < -0.4 is 9.64 Å². The van der Waals surface area contributed by atoms with E-state index in [2.05, 4.69) is 23.9 Å². The van der Waals surface area contributed by atoms with Gasteiger partial charge >= 0.3 is 0 Å². The van der Waals surface area contributed by atoms with Crippen LogP contribution >= 0.6 is 0 Å². The zero-order valence-electron chi connectivity index (χ0n) is 20.9. The number of unbranched alkanes of at least 4 members (excludes halogenated alkanes) is 1. The molecule has 0 N–H and O–H groups in total. The van der Waals surface area contributed by atoms with Gasteiger partial charge in [-0.1, -0.05) is 55.8 Å². The van der Waals surface area contributed by atoms with E-state index in [-0.39, 0.29) is 11.9 Å². The highest BCUT2D eigenvalue weighted by Crippen LogP contribution is 2.43. The van der Waals surface area contributed by atoms with E-state index in [0.717, 1.165) is 43.1 Å². The van der Waals surface area contributed by atoms with Crippen LogP contribution in [0, 0.1) is 0 Å².